The van der Waals surface area contributed by atoms with Gasteiger partial charge in [0.05, 0.1) is 0 Å². The summed E-state index contributed by atoms with van der Waals surface area (Å²) in [7, 11) is 0. The van der Waals surface area contributed by atoms with Gasteiger partial charge in [0.15, 0.2) is 0 Å². The Bertz CT molecular complexity index is 522. The molecule has 0 N–H and O–H groups in total. The van der Waals surface area contributed by atoms with E-state index >= 15 is 0 Å². The Kier molecular flexibility index (Phi) is 2.65. The SMILES string of the molecule is C(=C1CC1)=C(c1ccccc1)c1ccccc1. The first kappa shape index (κ1) is 10.1. The van der Waals surface area contributed by atoms with Crippen LogP contribution in [0.1, 0.15) is 24.0 Å². The minimum atomic E-state index is 1.21. The van der Waals surface area contributed by atoms with E-state index in [-0.39, 0.29) is 0 Å². The average Bonchev–Trinajstić information content (AvgIpc) is 3.22. The molecule has 0 spiro atoms. The lowest BCUT2D eigenvalue weighted by Crippen LogP contribution is -1.85. The van der Waals surface area contributed by atoms with Crippen LogP contribution in [-0.2, 0) is 0 Å². The average molecular weight is 218 g/mol. The molecule has 0 nitrogen and oxygen atoms in total. The van der Waals surface area contributed by atoms with Gasteiger partial charge in [-0.15, -0.1) is 5.73 Å². The molecule has 1 fully saturated rings. The van der Waals surface area contributed by atoms with Gasteiger partial charge in [-0.05, 0) is 29.5 Å². The second kappa shape index (κ2) is 4.45. The predicted octanol–water partition coefficient (Wildman–Crippen LogP) is 4.44. The number of benzene rings is 2. The molecule has 0 aliphatic heterocycles. The van der Waals surface area contributed by atoms with E-state index in [0.717, 1.165) is 0 Å². The molecule has 0 bridgehead atoms. The van der Waals surface area contributed by atoms with Crippen molar-refractivity contribution in [1.82, 2.24) is 0 Å². The highest BCUT2D eigenvalue weighted by Gasteiger charge is 2.12. The van der Waals surface area contributed by atoms with E-state index < -0.39 is 0 Å². The maximum absolute atomic E-state index is 3.56. The summed E-state index contributed by atoms with van der Waals surface area (Å²) in [6, 6.07) is 21.0. The summed E-state index contributed by atoms with van der Waals surface area (Å²) in [5.74, 6) is 0. The quantitative estimate of drug-likeness (QED) is 0.654. The summed E-state index contributed by atoms with van der Waals surface area (Å²) in [6.45, 7) is 0. The molecule has 82 valence electrons. The molecule has 3 rings (SSSR count). The zero-order valence-corrected chi connectivity index (χ0v) is 9.69. The normalized spacial score (nSPS) is 13.1. The second-order valence-corrected chi connectivity index (χ2v) is 4.34. The van der Waals surface area contributed by atoms with Crippen molar-refractivity contribution in [3.05, 3.63) is 83.1 Å². The van der Waals surface area contributed by atoms with Crippen LogP contribution < -0.4 is 0 Å². The Hall–Kier alpha value is -2.04. The van der Waals surface area contributed by atoms with Crippen molar-refractivity contribution in [3.8, 4) is 0 Å². The van der Waals surface area contributed by atoms with E-state index in [1.54, 1.807) is 0 Å². The third kappa shape index (κ3) is 2.38. The van der Waals surface area contributed by atoms with E-state index in [2.05, 4.69) is 66.4 Å². The van der Waals surface area contributed by atoms with Gasteiger partial charge in [0.2, 0.25) is 0 Å². The zero-order chi connectivity index (χ0) is 11.5. The fraction of sp³-hybridized carbons (Fsp3) is 0.118. The molecule has 0 saturated heterocycles. The molecule has 2 aromatic carbocycles. The Labute approximate surface area is 102 Å². The minimum absolute atomic E-state index is 1.21. The molecular formula is C17H14. The van der Waals surface area contributed by atoms with Crippen molar-refractivity contribution >= 4 is 5.57 Å². The van der Waals surface area contributed by atoms with Gasteiger partial charge in [0.1, 0.15) is 0 Å². The third-order valence-electron chi connectivity index (χ3n) is 2.93. The lowest BCUT2D eigenvalue weighted by Gasteiger charge is -2.04. The van der Waals surface area contributed by atoms with Crippen LogP contribution in [0, 0.1) is 0 Å². The van der Waals surface area contributed by atoms with Gasteiger partial charge in [0.25, 0.3) is 0 Å². The topological polar surface area (TPSA) is 0 Å². The zero-order valence-electron chi connectivity index (χ0n) is 9.69. The lowest BCUT2D eigenvalue weighted by molar-refractivity contribution is 1.50. The van der Waals surface area contributed by atoms with E-state index in [0.29, 0.717) is 0 Å². The second-order valence-electron chi connectivity index (χ2n) is 4.34. The van der Waals surface area contributed by atoms with Crippen molar-refractivity contribution < 1.29 is 0 Å². The van der Waals surface area contributed by atoms with Gasteiger partial charge in [-0.2, -0.15) is 0 Å². The van der Waals surface area contributed by atoms with E-state index in [9.17, 15) is 0 Å². The molecule has 1 aliphatic carbocycles. The van der Waals surface area contributed by atoms with E-state index in [4.69, 9.17) is 0 Å². The standard InChI is InChI=1S/C17H14/c1-3-7-15(8-4-1)17(13-14-11-12-14)16-9-5-2-6-10-16/h1-10H,11-12H2. The molecule has 1 aliphatic rings. The van der Waals surface area contributed by atoms with Crippen molar-refractivity contribution in [1.29, 1.82) is 0 Å². The molecule has 0 aromatic heterocycles. The summed E-state index contributed by atoms with van der Waals surface area (Å²) in [4.78, 5) is 0. The van der Waals surface area contributed by atoms with Crippen LogP contribution >= 0.6 is 0 Å². The van der Waals surface area contributed by atoms with E-state index in [1.807, 2.05) is 0 Å². The Morgan fingerprint density at radius 1 is 0.706 bits per heavy atom. The molecule has 0 radical (unpaired) electrons. The highest BCUT2D eigenvalue weighted by Crippen LogP contribution is 2.30. The molecule has 2 aromatic rings. The van der Waals surface area contributed by atoms with Crippen LogP contribution in [-0.4, -0.2) is 0 Å². The fourth-order valence-corrected chi connectivity index (χ4v) is 1.88. The summed E-state index contributed by atoms with van der Waals surface area (Å²) >= 11 is 0. The third-order valence-corrected chi connectivity index (χ3v) is 2.93. The molecule has 0 heterocycles. The van der Waals surface area contributed by atoms with Gasteiger partial charge in [-0.3, -0.25) is 0 Å². The van der Waals surface area contributed by atoms with Crippen LogP contribution in [0.25, 0.3) is 5.57 Å². The molecule has 1 saturated carbocycles. The van der Waals surface area contributed by atoms with Crippen molar-refractivity contribution in [3.63, 3.8) is 0 Å². The predicted molar refractivity (Wildman–Crippen MR) is 71.7 cm³/mol. The van der Waals surface area contributed by atoms with Crippen LogP contribution in [0.3, 0.4) is 0 Å². The molecule has 0 atom stereocenters. The number of hydrogen-bond donors (Lipinski definition) is 0. The van der Waals surface area contributed by atoms with Crippen molar-refractivity contribution in [2.24, 2.45) is 0 Å². The highest BCUT2D eigenvalue weighted by atomic mass is 14.2. The van der Waals surface area contributed by atoms with Crippen LogP contribution in [0.15, 0.2) is 72.0 Å². The molecule has 0 amide bonds. The van der Waals surface area contributed by atoms with Crippen molar-refractivity contribution in [2.75, 3.05) is 0 Å². The molecule has 0 heteroatoms. The molecule has 0 unspecified atom stereocenters. The lowest BCUT2D eigenvalue weighted by atomic mass is 9.99. The first-order valence-corrected chi connectivity index (χ1v) is 6.03. The maximum Gasteiger partial charge on any atom is 0.0309 e. The number of rotatable bonds is 2. The Morgan fingerprint density at radius 2 is 1.18 bits per heavy atom. The minimum Gasteiger partial charge on any atom is -0.113 e. The summed E-state index contributed by atoms with van der Waals surface area (Å²) in [5, 5.41) is 0. The smallest absolute Gasteiger partial charge is 0.0309 e. The Morgan fingerprint density at radius 3 is 1.59 bits per heavy atom. The van der Waals surface area contributed by atoms with Gasteiger partial charge in [-0.1, -0.05) is 60.7 Å². The van der Waals surface area contributed by atoms with Crippen LogP contribution in [0.2, 0.25) is 0 Å². The van der Waals surface area contributed by atoms with E-state index in [1.165, 1.54) is 35.1 Å². The fourth-order valence-electron chi connectivity index (χ4n) is 1.88. The summed E-state index contributed by atoms with van der Waals surface area (Å²) < 4.78 is 0. The van der Waals surface area contributed by atoms with Crippen LogP contribution in [0.4, 0.5) is 0 Å². The summed E-state index contributed by atoms with van der Waals surface area (Å²) in [5.41, 5.74) is 8.71. The first-order valence-electron chi connectivity index (χ1n) is 6.03. The van der Waals surface area contributed by atoms with Crippen LogP contribution in [0.5, 0.6) is 0 Å². The molecule has 17 heavy (non-hydrogen) atoms. The van der Waals surface area contributed by atoms with Gasteiger partial charge in [-0.25, -0.2) is 0 Å². The maximum atomic E-state index is 3.56. The monoisotopic (exact) mass is 218 g/mol. The van der Waals surface area contributed by atoms with Gasteiger partial charge >= 0.3 is 0 Å². The van der Waals surface area contributed by atoms with Gasteiger partial charge in [0, 0.05) is 5.57 Å². The number of hydrogen-bond acceptors (Lipinski definition) is 0. The number of allylic oxidation sites excluding steroid dienone is 1. The largest absolute Gasteiger partial charge is 0.113 e. The van der Waals surface area contributed by atoms with Crippen molar-refractivity contribution in [2.45, 2.75) is 12.8 Å². The highest BCUT2D eigenvalue weighted by molar-refractivity contribution is 5.79. The summed E-state index contributed by atoms with van der Waals surface area (Å²) in [6.07, 6.45) is 2.42. The molecular weight excluding hydrogens is 204 g/mol. The van der Waals surface area contributed by atoms with Gasteiger partial charge < -0.3 is 0 Å². The Balaban J connectivity index is 2.15. The first-order chi connectivity index (χ1) is 8.43.